The molecule has 2 heteroatoms. The van der Waals surface area contributed by atoms with Crippen molar-refractivity contribution < 1.29 is 0 Å². The predicted octanol–water partition coefficient (Wildman–Crippen LogP) is 3.41. The second-order valence-corrected chi connectivity index (χ2v) is 5.15. The second kappa shape index (κ2) is 3.93. The molecule has 0 spiro atoms. The van der Waals surface area contributed by atoms with Gasteiger partial charge in [-0.05, 0) is 25.8 Å². The maximum atomic E-state index is 8.25. The first-order valence-corrected chi connectivity index (χ1v) is 6.01. The van der Waals surface area contributed by atoms with Gasteiger partial charge in [0.25, 0.3) is 0 Å². The van der Waals surface area contributed by atoms with Crippen LogP contribution in [0.25, 0.3) is 0 Å². The highest BCUT2D eigenvalue weighted by atomic mass is 15.2. The van der Waals surface area contributed by atoms with Crippen LogP contribution in [0.4, 0.5) is 0 Å². The summed E-state index contributed by atoms with van der Waals surface area (Å²) in [4.78, 5) is 2.22. The summed E-state index contributed by atoms with van der Waals surface area (Å²) in [5.74, 6) is 0.689. The Labute approximate surface area is 97.8 Å². The number of amidine groups is 1. The van der Waals surface area contributed by atoms with E-state index in [0.29, 0.717) is 5.84 Å². The molecule has 0 saturated heterocycles. The van der Waals surface area contributed by atoms with Crippen molar-refractivity contribution in [1.82, 2.24) is 4.90 Å². The monoisotopic (exact) mass is 216 g/mol. The van der Waals surface area contributed by atoms with Crippen LogP contribution >= 0.6 is 0 Å². The zero-order chi connectivity index (χ0) is 11.8. The quantitative estimate of drug-likeness (QED) is 0.823. The van der Waals surface area contributed by atoms with Crippen LogP contribution < -0.4 is 0 Å². The van der Waals surface area contributed by atoms with Crippen molar-refractivity contribution in [3.63, 3.8) is 0 Å². The molecular formula is C14H20N2. The Morgan fingerprint density at radius 2 is 2.00 bits per heavy atom. The van der Waals surface area contributed by atoms with Gasteiger partial charge in [-0.1, -0.05) is 37.6 Å². The summed E-state index contributed by atoms with van der Waals surface area (Å²) < 4.78 is 0. The average molecular weight is 216 g/mol. The Morgan fingerprint density at radius 1 is 1.31 bits per heavy atom. The number of rotatable bonds is 3. The van der Waals surface area contributed by atoms with Crippen LogP contribution in [0.3, 0.4) is 0 Å². The van der Waals surface area contributed by atoms with E-state index in [4.69, 9.17) is 5.41 Å². The van der Waals surface area contributed by atoms with Gasteiger partial charge in [0, 0.05) is 17.6 Å². The highest BCUT2D eigenvalue weighted by Crippen LogP contribution is 2.31. The topological polar surface area (TPSA) is 27.1 Å². The molecule has 0 bridgehead atoms. The van der Waals surface area contributed by atoms with E-state index in [9.17, 15) is 0 Å². The van der Waals surface area contributed by atoms with Gasteiger partial charge < -0.3 is 4.90 Å². The lowest BCUT2D eigenvalue weighted by Crippen LogP contribution is -2.43. The molecule has 1 aliphatic heterocycles. The van der Waals surface area contributed by atoms with Crippen molar-refractivity contribution in [2.75, 3.05) is 0 Å². The highest BCUT2D eigenvalue weighted by Gasteiger charge is 2.33. The van der Waals surface area contributed by atoms with Gasteiger partial charge in [0.1, 0.15) is 5.84 Å². The Kier molecular flexibility index (Phi) is 2.75. The van der Waals surface area contributed by atoms with Crippen molar-refractivity contribution in [3.05, 3.63) is 35.4 Å². The minimum absolute atomic E-state index is 0.0881. The van der Waals surface area contributed by atoms with Crippen LogP contribution in [0.15, 0.2) is 24.3 Å². The number of hydrogen-bond acceptors (Lipinski definition) is 1. The zero-order valence-corrected chi connectivity index (χ0v) is 10.4. The minimum atomic E-state index is 0.0881. The summed E-state index contributed by atoms with van der Waals surface area (Å²) in [6.45, 7) is 7.56. The lowest BCUT2D eigenvalue weighted by Gasteiger charge is -2.37. The lowest BCUT2D eigenvalue weighted by molar-refractivity contribution is 0.199. The molecule has 1 aliphatic rings. The lowest BCUT2D eigenvalue weighted by atomic mass is 9.96. The van der Waals surface area contributed by atoms with E-state index in [0.717, 1.165) is 24.9 Å². The molecule has 0 unspecified atom stereocenters. The Bertz CT molecular complexity index is 407. The first-order valence-electron chi connectivity index (χ1n) is 6.01. The van der Waals surface area contributed by atoms with E-state index in [2.05, 4.69) is 43.9 Å². The van der Waals surface area contributed by atoms with Gasteiger partial charge in [0.2, 0.25) is 0 Å². The Balaban J connectivity index is 2.28. The van der Waals surface area contributed by atoms with Crippen molar-refractivity contribution in [2.24, 2.45) is 0 Å². The molecule has 2 nitrogen and oxygen atoms in total. The number of benzene rings is 1. The second-order valence-electron chi connectivity index (χ2n) is 5.15. The molecule has 1 heterocycles. The van der Waals surface area contributed by atoms with Gasteiger partial charge in [0.15, 0.2) is 0 Å². The maximum absolute atomic E-state index is 8.25. The number of fused-ring (bicyclic) bond motifs is 1. The molecule has 0 amide bonds. The van der Waals surface area contributed by atoms with E-state index in [1.165, 1.54) is 5.56 Å². The molecule has 2 rings (SSSR count). The third kappa shape index (κ3) is 1.73. The standard InChI is InChI=1S/C14H20N2/c1-4-9-14(2,3)16-10-11-7-5-6-8-12(11)13(16)15/h5-8,15H,4,9-10H2,1-3H3. The first-order chi connectivity index (χ1) is 7.56. The van der Waals surface area contributed by atoms with Gasteiger partial charge in [-0.15, -0.1) is 0 Å². The molecule has 1 N–H and O–H groups in total. The van der Waals surface area contributed by atoms with Crippen LogP contribution in [0.5, 0.6) is 0 Å². The van der Waals surface area contributed by atoms with Crippen molar-refractivity contribution in [2.45, 2.75) is 45.7 Å². The molecule has 1 aromatic carbocycles. The smallest absolute Gasteiger partial charge is 0.129 e. The summed E-state index contributed by atoms with van der Waals surface area (Å²) in [5, 5.41) is 8.25. The van der Waals surface area contributed by atoms with Crippen molar-refractivity contribution >= 4 is 5.84 Å². The summed E-state index contributed by atoms with van der Waals surface area (Å²) in [6.07, 6.45) is 2.29. The van der Waals surface area contributed by atoms with Crippen LogP contribution in [-0.2, 0) is 6.54 Å². The van der Waals surface area contributed by atoms with Gasteiger partial charge in [0.05, 0.1) is 0 Å². The molecule has 0 radical (unpaired) electrons. The fourth-order valence-corrected chi connectivity index (χ4v) is 2.55. The maximum Gasteiger partial charge on any atom is 0.129 e. The summed E-state index contributed by atoms with van der Waals surface area (Å²) in [5.41, 5.74) is 2.48. The molecule has 0 aliphatic carbocycles. The minimum Gasteiger partial charge on any atom is -0.347 e. The summed E-state index contributed by atoms with van der Waals surface area (Å²) in [7, 11) is 0. The molecule has 0 fully saturated rings. The fraction of sp³-hybridized carbons (Fsp3) is 0.500. The van der Waals surface area contributed by atoms with E-state index < -0.39 is 0 Å². The molecule has 16 heavy (non-hydrogen) atoms. The number of hydrogen-bond donors (Lipinski definition) is 1. The van der Waals surface area contributed by atoms with E-state index >= 15 is 0 Å². The molecule has 0 aromatic heterocycles. The van der Waals surface area contributed by atoms with Crippen molar-refractivity contribution in [3.8, 4) is 0 Å². The first kappa shape index (κ1) is 11.2. The molecule has 0 saturated carbocycles. The Hall–Kier alpha value is -1.31. The average Bonchev–Trinajstić information content (AvgIpc) is 2.58. The highest BCUT2D eigenvalue weighted by molar-refractivity contribution is 6.00. The number of nitrogens with zero attached hydrogens (tertiary/aromatic N) is 1. The molecule has 1 aromatic rings. The van der Waals surface area contributed by atoms with E-state index in [1.54, 1.807) is 0 Å². The van der Waals surface area contributed by atoms with E-state index in [1.807, 2.05) is 6.07 Å². The molecular weight excluding hydrogens is 196 g/mol. The third-order valence-electron chi connectivity index (χ3n) is 3.46. The van der Waals surface area contributed by atoms with Crippen molar-refractivity contribution in [1.29, 1.82) is 5.41 Å². The largest absolute Gasteiger partial charge is 0.347 e. The summed E-state index contributed by atoms with van der Waals surface area (Å²) in [6, 6.07) is 8.26. The zero-order valence-electron chi connectivity index (χ0n) is 10.4. The van der Waals surface area contributed by atoms with Crippen LogP contribution in [0.1, 0.15) is 44.7 Å². The predicted molar refractivity (Wildman–Crippen MR) is 67.8 cm³/mol. The number of nitrogens with one attached hydrogen (secondary N) is 1. The van der Waals surface area contributed by atoms with E-state index in [-0.39, 0.29) is 5.54 Å². The summed E-state index contributed by atoms with van der Waals surface area (Å²) >= 11 is 0. The van der Waals surface area contributed by atoms with Gasteiger partial charge >= 0.3 is 0 Å². The molecule has 0 atom stereocenters. The van der Waals surface area contributed by atoms with Crippen LogP contribution in [0, 0.1) is 5.41 Å². The fourth-order valence-electron chi connectivity index (χ4n) is 2.55. The SMILES string of the molecule is CCCC(C)(C)N1Cc2ccccc2C1=N. The van der Waals surface area contributed by atoms with Crippen LogP contribution in [0.2, 0.25) is 0 Å². The van der Waals surface area contributed by atoms with Gasteiger partial charge in [-0.25, -0.2) is 0 Å². The van der Waals surface area contributed by atoms with Crippen LogP contribution in [-0.4, -0.2) is 16.3 Å². The Morgan fingerprint density at radius 3 is 2.62 bits per heavy atom. The van der Waals surface area contributed by atoms with Gasteiger partial charge in [-0.3, -0.25) is 5.41 Å². The normalized spacial score (nSPS) is 15.4. The third-order valence-corrected chi connectivity index (χ3v) is 3.46. The molecule has 86 valence electrons. The van der Waals surface area contributed by atoms with Gasteiger partial charge in [-0.2, -0.15) is 0 Å².